The van der Waals surface area contributed by atoms with E-state index in [2.05, 4.69) is 10.3 Å². The normalized spacial score (nSPS) is 10.4. The molecule has 4 heteroatoms. The molecule has 0 fully saturated rings. The number of aryl methyl sites for hydroxylation is 1. The van der Waals surface area contributed by atoms with Crippen LogP contribution in [0.15, 0.2) is 18.5 Å². The molecule has 0 unspecified atom stereocenters. The Morgan fingerprint density at radius 2 is 2.36 bits per heavy atom. The topological polar surface area (TPSA) is 46.9 Å². The van der Waals surface area contributed by atoms with Gasteiger partial charge >= 0.3 is 0 Å². The van der Waals surface area contributed by atoms with Crippen LogP contribution in [0.3, 0.4) is 0 Å². The lowest BCUT2D eigenvalue weighted by Crippen LogP contribution is -1.97. The number of nitrogens with one attached hydrogen (secondary N) is 1. The molecule has 0 aliphatic heterocycles. The third-order valence-corrected chi connectivity index (χ3v) is 2.30. The molecule has 0 spiro atoms. The molecule has 0 aliphatic carbocycles. The van der Waals surface area contributed by atoms with E-state index in [0.717, 1.165) is 23.0 Å². The van der Waals surface area contributed by atoms with Gasteiger partial charge in [-0.25, -0.2) is 4.98 Å². The average molecular weight is 189 g/mol. The molecule has 72 valence electrons. The third kappa shape index (κ3) is 1.08. The summed E-state index contributed by atoms with van der Waals surface area (Å²) >= 11 is 0. The summed E-state index contributed by atoms with van der Waals surface area (Å²) in [7, 11) is 3.73. The van der Waals surface area contributed by atoms with Crippen LogP contribution in [0.1, 0.15) is 10.4 Å². The number of hydrogen-bond donors (Lipinski definition) is 1. The molecule has 0 saturated carbocycles. The van der Waals surface area contributed by atoms with E-state index in [4.69, 9.17) is 0 Å². The fraction of sp³-hybridized carbons (Fsp3) is 0.200. The largest absolute Gasteiger partial charge is 0.387 e. The Bertz CT molecular complexity index is 487. The zero-order chi connectivity index (χ0) is 10.1. The summed E-state index contributed by atoms with van der Waals surface area (Å²) in [6.45, 7) is 0. The summed E-state index contributed by atoms with van der Waals surface area (Å²) in [6, 6.07) is 1.95. The van der Waals surface area contributed by atoms with Gasteiger partial charge in [0.15, 0.2) is 6.29 Å². The van der Waals surface area contributed by atoms with Crippen molar-refractivity contribution < 1.29 is 4.79 Å². The van der Waals surface area contributed by atoms with Crippen molar-refractivity contribution in [2.45, 2.75) is 0 Å². The number of carbonyl (C=O) groups is 1. The molecule has 2 heterocycles. The summed E-state index contributed by atoms with van der Waals surface area (Å²) < 4.78 is 1.92. The number of hydrogen-bond acceptors (Lipinski definition) is 3. The number of fused-ring (bicyclic) bond motifs is 1. The van der Waals surface area contributed by atoms with Crippen molar-refractivity contribution in [2.75, 3.05) is 12.4 Å². The van der Waals surface area contributed by atoms with Crippen molar-refractivity contribution in [2.24, 2.45) is 7.05 Å². The first-order valence-corrected chi connectivity index (χ1v) is 4.35. The Hall–Kier alpha value is -1.84. The molecule has 4 nitrogen and oxygen atoms in total. The van der Waals surface area contributed by atoms with Crippen LogP contribution < -0.4 is 5.32 Å². The van der Waals surface area contributed by atoms with E-state index in [9.17, 15) is 4.79 Å². The lowest BCUT2D eigenvalue weighted by Gasteiger charge is -2.05. The maximum absolute atomic E-state index is 10.7. The quantitative estimate of drug-likeness (QED) is 0.727. The van der Waals surface area contributed by atoms with Crippen LogP contribution in [0, 0.1) is 0 Å². The summed E-state index contributed by atoms with van der Waals surface area (Å²) in [5.74, 6) is 0. The second-order valence-corrected chi connectivity index (χ2v) is 3.12. The van der Waals surface area contributed by atoms with Crippen molar-refractivity contribution in [1.29, 1.82) is 0 Å². The number of nitrogens with zero attached hydrogens (tertiary/aromatic N) is 2. The second-order valence-electron chi connectivity index (χ2n) is 3.12. The Kier molecular flexibility index (Phi) is 1.96. The summed E-state index contributed by atoms with van der Waals surface area (Å²) in [5.41, 5.74) is 2.30. The Balaban J connectivity index is 2.84. The third-order valence-electron chi connectivity index (χ3n) is 2.30. The molecule has 0 amide bonds. The second kappa shape index (κ2) is 3.14. The zero-order valence-corrected chi connectivity index (χ0v) is 8.11. The molecule has 0 saturated heterocycles. The SMILES string of the molecule is CNc1c(C=O)cnc2c1ccn2C. The van der Waals surface area contributed by atoms with E-state index in [1.165, 1.54) is 0 Å². The highest BCUT2D eigenvalue weighted by atomic mass is 16.1. The van der Waals surface area contributed by atoms with E-state index < -0.39 is 0 Å². The van der Waals surface area contributed by atoms with Crippen molar-refractivity contribution in [3.05, 3.63) is 24.0 Å². The van der Waals surface area contributed by atoms with Crippen LogP contribution in [0.2, 0.25) is 0 Å². The number of pyridine rings is 1. The van der Waals surface area contributed by atoms with Crippen LogP contribution in [0.25, 0.3) is 11.0 Å². The van der Waals surface area contributed by atoms with Gasteiger partial charge in [-0.1, -0.05) is 0 Å². The number of carbonyl (C=O) groups excluding carboxylic acids is 1. The minimum absolute atomic E-state index is 0.589. The van der Waals surface area contributed by atoms with Gasteiger partial charge in [-0.05, 0) is 6.07 Å². The van der Waals surface area contributed by atoms with Crippen LogP contribution in [-0.4, -0.2) is 22.9 Å². The number of rotatable bonds is 2. The first-order valence-electron chi connectivity index (χ1n) is 4.35. The molecule has 2 rings (SSSR count). The van der Waals surface area contributed by atoms with E-state index in [0.29, 0.717) is 5.56 Å². The monoisotopic (exact) mass is 189 g/mol. The van der Waals surface area contributed by atoms with Crippen LogP contribution in [-0.2, 0) is 7.05 Å². The lowest BCUT2D eigenvalue weighted by molar-refractivity contribution is 0.112. The molecule has 0 aliphatic rings. The summed E-state index contributed by atoms with van der Waals surface area (Å²) in [5, 5.41) is 3.99. The predicted octanol–water partition coefficient (Wildman–Crippen LogP) is 1.43. The van der Waals surface area contributed by atoms with Gasteiger partial charge in [0.1, 0.15) is 5.65 Å². The van der Waals surface area contributed by atoms with Gasteiger partial charge in [-0.2, -0.15) is 0 Å². The summed E-state index contributed by atoms with van der Waals surface area (Å²) in [6.07, 6.45) is 4.32. The standard InChI is InChI=1S/C10H11N3O/c1-11-9-7(6-14)5-12-10-8(9)3-4-13(10)2/h3-6H,1-2H3,(H,11,12). The van der Waals surface area contributed by atoms with Crippen LogP contribution >= 0.6 is 0 Å². The summed E-state index contributed by atoms with van der Waals surface area (Å²) in [4.78, 5) is 15.0. The molecule has 2 aromatic rings. The van der Waals surface area contributed by atoms with Gasteiger partial charge in [-0.15, -0.1) is 0 Å². The fourth-order valence-corrected chi connectivity index (χ4v) is 1.60. The van der Waals surface area contributed by atoms with E-state index in [1.807, 2.05) is 23.9 Å². The molecule has 14 heavy (non-hydrogen) atoms. The Morgan fingerprint density at radius 3 is 3.00 bits per heavy atom. The van der Waals surface area contributed by atoms with Crippen molar-refractivity contribution >= 4 is 23.0 Å². The Labute approximate surface area is 81.6 Å². The van der Waals surface area contributed by atoms with Crippen molar-refractivity contribution in [3.63, 3.8) is 0 Å². The zero-order valence-electron chi connectivity index (χ0n) is 8.11. The number of anilines is 1. The highest BCUT2D eigenvalue weighted by molar-refractivity contribution is 5.99. The maximum Gasteiger partial charge on any atom is 0.153 e. The number of aromatic nitrogens is 2. The van der Waals surface area contributed by atoms with Gasteiger partial charge in [0.25, 0.3) is 0 Å². The molecule has 0 bridgehead atoms. The lowest BCUT2D eigenvalue weighted by atomic mass is 10.2. The molecular formula is C10H11N3O. The van der Waals surface area contributed by atoms with Gasteiger partial charge in [-0.3, -0.25) is 4.79 Å². The van der Waals surface area contributed by atoms with E-state index in [1.54, 1.807) is 13.2 Å². The van der Waals surface area contributed by atoms with Gasteiger partial charge in [0.2, 0.25) is 0 Å². The van der Waals surface area contributed by atoms with Gasteiger partial charge < -0.3 is 9.88 Å². The van der Waals surface area contributed by atoms with E-state index >= 15 is 0 Å². The minimum Gasteiger partial charge on any atom is -0.387 e. The van der Waals surface area contributed by atoms with E-state index in [-0.39, 0.29) is 0 Å². The molecule has 2 aromatic heterocycles. The van der Waals surface area contributed by atoms with Gasteiger partial charge in [0.05, 0.1) is 11.3 Å². The average Bonchev–Trinajstić information content (AvgIpc) is 2.59. The predicted molar refractivity (Wildman–Crippen MR) is 55.6 cm³/mol. The van der Waals surface area contributed by atoms with Crippen molar-refractivity contribution in [3.8, 4) is 0 Å². The van der Waals surface area contributed by atoms with Crippen LogP contribution in [0.4, 0.5) is 5.69 Å². The molecule has 0 atom stereocenters. The molecule has 0 aromatic carbocycles. The highest BCUT2D eigenvalue weighted by Crippen LogP contribution is 2.24. The molecule has 1 N–H and O–H groups in total. The smallest absolute Gasteiger partial charge is 0.153 e. The first-order chi connectivity index (χ1) is 6.77. The minimum atomic E-state index is 0.589. The van der Waals surface area contributed by atoms with Crippen molar-refractivity contribution in [1.82, 2.24) is 9.55 Å². The number of aldehydes is 1. The van der Waals surface area contributed by atoms with Crippen LogP contribution in [0.5, 0.6) is 0 Å². The molecule has 0 radical (unpaired) electrons. The Morgan fingerprint density at radius 1 is 1.57 bits per heavy atom. The maximum atomic E-state index is 10.7. The molecular weight excluding hydrogens is 178 g/mol. The fourth-order valence-electron chi connectivity index (χ4n) is 1.60. The highest BCUT2D eigenvalue weighted by Gasteiger charge is 2.08. The van der Waals surface area contributed by atoms with Gasteiger partial charge in [0, 0.05) is 31.9 Å². The first kappa shape index (κ1) is 8.74.